The van der Waals surface area contributed by atoms with Crippen molar-refractivity contribution in [1.29, 1.82) is 0 Å². The van der Waals surface area contributed by atoms with Crippen molar-refractivity contribution in [1.82, 2.24) is 14.3 Å². The normalized spacial score (nSPS) is 11.3. The van der Waals surface area contributed by atoms with Gasteiger partial charge in [0.2, 0.25) is 0 Å². The summed E-state index contributed by atoms with van der Waals surface area (Å²) < 4.78 is 14.9. The molecule has 0 N–H and O–H groups in total. The summed E-state index contributed by atoms with van der Waals surface area (Å²) in [5, 5.41) is 0. The molecule has 118 valence electrons. The number of hydrogen-bond acceptors (Lipinski definition) is 3. The second-order valence-electron chi connectivity index (χ2n) is 5.87. The van der Waals surface area contributed by atoms with Gasteiger partial charge >= 0.3 is 0 Å². The van der Waals surface area contributed by atoms with E-state index in [-0.39, 0.29) is 11.6 Å². The molecule has 23 heavy (non-hydrogen) atoms. The van der Waals surface area contributed by atoms with Gasteiger partial charge in [-0.1, -0.05) is 0 Å². The van der Waals surface area contributed by atoms with Gasteiger partial charge in [-0.15, -0.1) is 0 Å². The highest BCUT2D eigenvalue weighted by Crippen LogP contribution is 2.25. The van der Waals surface area contributed by atoms with Crippen molar-refractivity contribution >= 4 is 11.4 Å². The highest BCUT2D eigenvalue weighted by molar-refractivity contribution is 5.99. The number of imidazole rings is 1. The summed E-state index contributed by atoms with van der Waals surface area (Å²) in [6, 6.07) is 9.99. The Hall–Kier alpha value is -2.53. The predicted molar refractivity (Wildman–Crippen MR) is 88.0 cm³/mol. The molecule has 0 saturated heterocycles. The van der Waals surface area contributed by atoms with Gasteiger partial charge in [-0.2, -0.15) is 0 Å². The van der Waals surface area contributed by atoms with Crippen molar-refractivity contribution in [2.24, 2.45) is 0 Å². The average Bonchev–Trinajstić information content (AvgIpc) is 2.86. The third-order valence-corrected chi connectivity index (χ3v) is 3.64. The second kappa shape index (κ2) is 5.93. The number of carbonyl (C=O) groups excluding carboxylic acids is 1. The van der Waals surface area contributed by atoms with Crippen LogP contribution >= 0.6 is 0 Å². The van der Waals surface area contributed by atoms with Crippen molar-refractivity contribution in [3.8, 4) is 11.3 Å². The lowest BCUT2D eigenvalue weighted by atomic mass is 10.1. The first kappa shape index (κ1) is 15.4. The number of pyridine rings is 1. The molecule has 3 rings (SSSR count). The van der Waals surface area contributed by atoms with Crippen LogP contribution in [0.15, 0.2) is 42.6 Å². The zero-order valence-electron chi connectivity index (χ0n) is 13.4. The van der Waals surface area contributed by atoms with Gasteiger partial charge in [0.15, 0.2) is 5.78 Å². The fourth-order valence-electron chi connectivity index (χ4n) is 2.70. The molecule has 2 aromatic heterocycles. The number of benzene rings is 1. The van der Waals surface area contributed by atoms with Crippen LogP contribution in [0.3, 0.4) is 0 Å². The number of aromatic nitrogens is 2. The van der Waals surface area contributed by atoms with Crippen molar-refractivity contribution in [2.75, 3.05) is 14.1 Å². The minimum atomic E-state index is -0.310. The van der Waals surface area contributed by atoms with Gasteiger partial charge in [-0.3, -0.25) is 9.20 Å². The quantitative estimate of drug-likeness (QED) is 0.693. The summed E-state index contributed by atoms with van der Waals surface area (Å²) >= 11 is 0. The number of rotatable bonds is 4. The molecular weight excluding hydrogens is 293 g/mol. The largest absolute Gasteiger partial charge is 0.305 e. The van der Waals surface area contributed by atoms with E-state index < -0.39 is 0 Å². The molecule has 4 nitrogen and oxygen atoms in total. The van der Waals surface area contributed by atoms with E-state index in [1.165, 1.54) is 19.1 Å². The summed E-state index contributed by atoms with van der Waals surface area (Å²) in [7, 11) is 4.00. The monoisotopic (exact) mass is 311 g/mol. The third-order valence-electron chi connectivity index (χ3n) is 3.64. The van der Waals surface area contributed by atoms with E-state index in [4.69, 9.17) is 0 Å². The summed E-state index contributed by atoms with van der Waals surface area (Å²) in [6.07, 6.45) is 1.87. The van der Waals surface area contributed by atoms with Crippen LogP contribution in [0.1, 0.15) is 23.0 Å². The molecule has 0 aliphatic rings. The molecule has 0 spiro atoms. The van der Waals surface area contributed by atoms with Gasteiger partial charge in [0, 0.05) is 25.2 Å². The molecule has 0 unspecified atom stereocenters. The van der Waals surface area contributed by atoms with Crippen LogP contribution < -0.4 is 0 Å². The van der Waals surface area contributed by atoms with Crippen LogP contribution in [0, 0.1) is 5.82 Å². The molecule has 0 aliphatic carbocycles. The Kier molecular flexibility index (Phi) is 3.96. The minimum Gasteiger partial charge on any atom is -0.305 e. The van der Waals surface area contributed by atoms with Crippen LogP contribution in [0.5, 0.6) is 0 Å². The van der Waals surface area contributed by atoms with Crippen molar-refractivity contribution in [3.05, 3.63) is 59.7 Å². The first-order valence-corrected chi connectivity index (χ1v) is 7.38. The first-order chi connectivity index (χ1) is 11.0. The van der Waals surface area contributed by atoms with E-state index in [1.54, 1.807) is 16.5 Å². The molecule has 0 bridgehead atoms. The van der Waals surface area contributed by atoms with Gasteiger partial charge < -0.3 is 4.90 Å². The highest BCUT2D eigenvalue weighted by atomic mass is 19.1. The van der Waals surface area contributed by atoms with Crippen LogP contribution in [-0.4, -0.2) is 34.2 Å². The summed E-state index contributed by atoms with van der Waals surface area (Å²) in [6.45, 7) is 2.31. The summed E-state index contributed by atoms with van der Waals surface area (Å²) in [5.41, 5.74) is 3.67. The molecular formula is C18H18FN3O. The summed E-state index contributed by atoms with van der Waals surface area (Å²) in [5.74, 6) is -0.382. The number of halogens is 1. The molecule has 1 aromatic carbocycles. The fourth-order valence-corrected chi connectivity index (χ4v) is 2.70. The van der Waals surface area contributed by atoms with Crippen LogP contribution in [-0.2, 0) is 6.54 Å². The second-order valence-corrected chi connectivity index (χ2v) is 5.87. The zero-order valence-corrected chi connectivity index (χ0v) is 13.4. The van der Waals surface area contributed by atoms with Gasteiger partial charge in [-0.25, -0.2) is 9.37 Å². The Morgan fingerprint density at radius 3 is 2.52 bits per heavy atom. The maximum atomic E-state index is 13.1. The fraction of sp³-hybridized carbons (Fsp3) is 0.222. The van der Waals surface area contributed by atoms with Gasteiger partial charge in [0.1, 0.15) is 22.9 Å². The first-order valence-electron chi connectivity index (χ1n) is 7.38. The minimum absolute atomic E-state index is 0.0721. The van der Waals surface area contributed by atoms with Crippen LogP contribution in [0.4, 0.5) is 4.39 Å². The number of ketones is 1. The number of nitrogens with zero attached hydrogens (tertiary/aromatic N) is 3. The highest BCUT2D eigenvalue weighted by Gasteiger charge is 2.18. The SMILES string of the molecule is CC(=O)c1c(-c2ccc(F)cc2)nc2cc(CN(C)C)ccn12. The predicted octanol–water partition coefficient (Wildman–Crippen LogP) is 3.40. The molecule has 3 aromatic rings. The Morgan fingerprint density at radius 1 is 1.22 bits per heavy atom. The topological polar surface area (TPSA) is 37.6 Å². The molecule has 2 heterocycles. The Labute approximate surface area is 134 Å². The third kappa shape index (κ3) is 3.00. The molecule has 0 aliphatic heterocycles. The maximum absolute atomic E-state index is 13.1. The molecule has 0 radical (unpaired) electrons. The van der Waals surface area contributed by atoms with Crippen LogP contribution in [0.2, 0.25) is 0 Å². The molecule has 0 fully saturated rings. The van der Waals surface area contributed by atoms with Gasteiger partial charge in [0.25, 0.3) is 0 Å². The van der Waals surface area contributed by atoms with Crippen molar-refractivity contribution in [3.63, 3.8) is 0 Å². The Bertz CT molecular complexity index is 866. The van der Waals surface area contributed by atoms with E-state index in [9.17, 15) is 9.18 Å². The average molecular weight is 311 g/mol. The van der Waals surface area contributed by atoms with Crippen molar-refractivity contribution in [2.45, 2.75) is 13.5 Å². The lowest BCUT2D eigenvalue weighted by molar-refractivity contribution is 0.101. The molecule has 5 heteroatoms. The lowest BCUT2D eigenvalue weighted by Crippen LogP contribution is -2.11. The van der Waals surface area contributed by atoms with E-state index in [1.807, 2.05) is 32.4 Å². The number of Topliss-reactive ketones (excluding diaryl/α,β-unsaturated/α-hetero) is 1. The Morgan fingerprint density at radius 2 is 1.91 bits per heavy atom. The maximum Gasteiger partial charge on any atom is 0.178 e. The van der Waals surface area contributed by atoms with E-state index in [0.29, 0.717) is 17.0 Å². The number of hydrogen-bond donors (Lipinski definition) is 0. The van der Waals surface area contributed by atoms with Gasteiger partial charge in [0.05, 0.1) is 0 Å². The van der Waals surface area contributed by atoms with Crippen molar-refractivity contribution < 1.29 is 9.18 Å². The van der Waals surface area contributed by atoms with Gasteiger partial charge in [-0.05, 0) is 56.1 Å². The summed E-state index contributed by atoms with van der Waals surface area (Å²) in [4.78, 5) is 18.8. The molecule has 0 atom stereocenters. The number of carbonyl (C=O) groups is 1. The standard InChI is InChI=1S/C18H18FN3O/c1-12(23)18-17(14-4-6-15(19)7-5-14)20-16-10-13(11-21(2)3)8-9-22(16)18/h4-10H,11H2,1-3H3. The van der Waals surface area contributed by atoms with E-state index in [2.05, 4.69) is 9.88 Å². The van der Waals surface area contributed by atoms with E-state index in [0.717, 1.165) is 17.7 Å². The van der Waals surface area contributed by atoms with Crippen LogP contribution in [0.25, 0.3) is 16.9 Å². The zero-order chi connectivity index (χ0) is 16.6. The molecule has 0 amide bonds. The van der Waals surface area contributed by atoms with E-state index >= 15 is 0 Å². The smallest absolute Gasteiger partial charge is 0.178 e. The number of fused-ring (bicyclic) bond motifs is 1. The lowest BCUT2D eigenvalue weighted by Gasteiger charge is -2.09. The Balaban J connectivity index is 2.18. The molecule has 0 saturated carbocycles.